The molecule has 0 amide bonds. The molecule has 0 aromatic heterocycles. The second-order valence-electron chi connectivity index (χ2n) is 5.23. The Kier molecular flexibility index (Phi) is 4.81. The first-order valence-electron chi connectivity index (χ1n) is 6.43. The Balaban J connectivity index is 0.00000161. The van der Waals surface area contributed by atoms with Crippen LogP contribution in [0, 0.1) is 23.2 Å². The predicted octanol–water partition coefficient (Wildman–Crippen LogP) is 1.47. The molecule has 0 unspecified atom stereocenters. The second kappa shape index (κ2) is 6.11. The number of nitrogens with zero attached hydrogens (tertiary/aromatic N) is 2. The Hall–Kier alpha value is -0.840. The van der Waals surface area contributed by atoms with Crippen molar-refractivity contribution in [2.75, 3.05) is 26.2 Å². The molecule has 0 radical (unpaired) electrons. The molecule has 2 saturated heterocycles. The highest BCUT2D eigenvalue weighted by Crippen LogP contribution is 2.33. The highest BCUT2D eigenvalue weighted by molar-refractivity contribution is 7.89. The molecule has 21 heavy (non-hydrogen) atoms. The van der Waals surface area contributed by atoms with Gasteiger partial charge in [0.2, 0.25) is 10.0 Å². The van der Waals surface area contributed by atoms with Crippen molar-refractivity contribution < 1.29 is 8.42 Å². The van der Waals surface area contributed by atoms with Crippen molar-refractivity contribution in [3.8, 4) is 6.07 Å². The average Bonchev–Trinajstić information content (AvgIpc) is 2.99. The fraction of sp³-hybridized carbons (Fsp3) is 0.462. The largest absolute Gasteiger partial charge is 0.316 e. The zero-order chi connectivity index (χ0) is 14.3. The van der Waals surface area contributed by atoms with Crippen molar-refractivity contribution in [3.63, 3.8) is 0 Å². The van der Waals surface area contributed by atoms with Crippen LogP contribution in [0.2, 0.25) is 5.02 Å². The molecule has 8 heteroatoms. The number of nitriles is 1. The van der Waals surface area contributed by atoms with Crippen LogP contribution in [0.15, 0.2) is 23.1 Å². The third-order valence-corrected chi connectivity index (χ3v) is 6.25. The van der Waals surface area contributed by atoms with E-state index >= 15 is 0 Å². The fourth-order valence-electron chi connectivity index (χ4n) is 2.98. The van der Waals surface area contributed by atoms with Crippen molar-refractivity contribution in [1.82, 2.24) is 9.62 Å². The molecule has 2 heterocycles. The Morgan fingerprint density at radius 3 is 2.48 bits per heavy atom. The van der Waals surface area contributed by atoms with Gasteiger partial charge < -0.3 is 5.32 Å². The maximum atomic E-state index is 12.7. The molecular formula is C13H15Cl2N3O2S. The number of halogens is 2. The molecule has 1 N–H and O–H groups in total. The Morgan fingerprint density at radius 1 is 1.29 bits per heavy atom. The van der Waals surface area contributed by atoms with Gasteiger partial charge in [-0.2, -0.15) is 9.57 Å². The monoisotopic (exact) mass is 347 g/mol. The van der Waals surface area contributed by atoms with Gasteiger partial charge in [0.1, 0.15) is 11.0 Å². The number of hydrogen-bond donors (Lipinski definition) is 1. The van der Waals surface area contributed by atoms with Gasteiger partial charge in [-0.1, -0.05) is 17.7 Å². The third kappa shape index (κ3) is 2.77. The first kappa shape index (κ1) is 16.5. The zero-order valence-corrected chi connectivity index (χ0v) is 13.5. The molecule has 114 valence electrons. The minimum atomic E-state index is -3.65. The van der Waals surface area contributed by atoms with Gasteiger partial charge in [0.15, 0.2) is 0 Å². The van der Waals surface area contributed by atoms with E-state index in [0.717, 1.165) is 13.1 Å². The third-order valence-electron chi connectivity index (χ3n) is 4.06. The number of nitrogens with one attached hydrogen (secondary N) is 1. The van der Waals surface area contributed by atoms with Crippen LogP contribution in [0.1, 0.15) is 5.56 Å². The Bertz CT molecular complexity index is 675. The maximum Gasteiger partial charge on any atom is 0.244 e. The van der Waals surface area contributed by atoms with Crippen LogP contribution >= 0.6 is 24.0 Å². The summed E-state index contributed by atoms with van der Waals surface area (Å²) in [4.78, 5) is 0.0143. The summed E-state index contributed by atoms with van der Waals surface area (Å²) in [5.41, 5.74) is 0.0318. The summed E-state index contributed by atoms with van der Waals surface area (Å²) < 4.78 is 26.9. The smallest absolute Gasteiger partial charge is 0.244 e. The number of fused-ring (bicyclic) bond motifs is 1. The van der Waals surface area contributed by atoms with E-state index in [9.17, 15) is 8.42 Å². The lowest BCUT2D eigenvalue weighted by molar-refractivity contribution is 0.448. The van der Waals surface area contributed by atoms with Gasteiger partial charge in [-0.05, 0) is 37.1 Å². The molecule has 0 aliphatic carbocycles. The molecule has 0 saturated carbocycles. The van der Waals surface area contributed by atoms with E-state index in [1.54, 1.807) is 6.07 Å². The van der Waals surface area contributed by atoms with Gasteiger partial charge in [0.05, 0.1) is 10.6 Å². The van der Waals surface area contributed by atoms with E-state index in [4.69, 9.17) is 16.9 Å². The Morgan fingerprint density at radius 2 is 1.90 bits per heavy atom. The maximum absolute atomic E-state index is 12.7. The molecular weight excluding hydrogens is 333 g/mol. The summed E-state index contributed by atoms with van der Waals surface area (Å²) in [6, 6.07) is 6.44. The van der Waals surface area contributed by atoms with E-state index in [1.807, 2.05) is 6.07 Å². The molecule has 3 rings (SSSR count). The molecule has 2 aliphatic heterocycles. The molecule has 1 aromatic rings. The van der Waals surface area contributed by atoms with Crippen LogP contribution in [-0.4, -0.2) is 38.9 Å². The van der Waals surface area contributed by atoms with Gasteiger partial charge in [0.25, 0.3) is 0 Å². The summed E-state index contributed by atoms with van der Waals surface area (Å²) in [6.45, 7) is 2.74. The summed E-state index contributed by atoms with van der Waals surface area (Å²) in [7, 11) is -3.65. The van der Waals surface area contributed by atoms with Crippen molar-refractivity contribution >= 4 is 34.0 Å². The van der Waals surface area contributed by atoms with Crippen LogP contribution in [0.3, 0.4) is 0 Å². The van der Waals surface area contributed by atoms with Gasteiger partial charge in [-0.15, -0.1) is 12.4 Å². The number of rotatable bonds is 2. The van der Waals surface area contributed by atoms with E-state index < -0.39 is 10.0 Å². The van der Waals surface area contributed by atoms with Crippen LogP contribution in [0.4, 0.5) is 0 Å². The topological polar surface area (TPSA) is 73.2 Å². The molecule has 2 fully saturated rings. The quantitative estimate of drug-likeness (QED) is 0.879. The molecule has 2 aliphatic rings. The van der Waals surface area contributed by atoms with E-state index in [0.29, 0.717) is 24.9 Å². The fourth-order valence-corrected chi connectivity index (χ4v) is 4.97. The lowest BCUT2D eigenvalue weighted by atomic mass is 10.0. The average molecular weight is 348 g/mol. The van der Waals surface area contributed by atoms with E-state index in [2.05, 4.69) is 5.32 Å². The zero-order valence-electron chi connectivity index (χ0n) is 11.1. The number of benzene rings is 1. The molecule has 0 bridgehead atoms. The molecule has 1 aromatic carbocycles. The minimum absolute atomic E-state index is 0. The SMILES string of the molecule is Cl.N#Cc1c(Cl)cccc1S(=O)(=O)N1C[C@H]2CNC[C@H]2C1. The van der Waals surface area contributed by atoms with Crippen LogP contribution in [-0.2, 0) is 10.0 Å². The highest BCUT2D eigenvalue weighted by Gasteiger charge is 2.42. The predicted molar refractivity (Wildman–Crippen MR) is 82.0 cm³/mol. The van der Waals surface area contributed by atoms with Gasteiger partial charge in [0, 0.05) is 13.1 Å². The normalized spacial score (nSPS) is 25.1. The number of hydrogen-bond acceptors (Lipinski definition) is 4. The minimum Gasteiger partial charge on any atom is -0.316 e. The van der Waals surface area contributed by atoms with Crippen molar-refractivity contribution in [3.05, 3.63) is 28.8 Å². The summed E-state index contributed by atoms with van der Waals surface area (Å²) in [5, 5.41) is 12.6. The second-order valence-corrected chi connectivity index (χ2v) is 7.54. The lowest BCUT2D eigenvalue weighted by Crippen LogP contribution is -2.32. The summed E-state index contributed by atoms with van der Waals surface area (Å²) in [6.07, 6.45) is 0. The standard InChI is InChI=1S/C13H14ClN3O2S.ClH/c14-12-2-1-3-13(11(12)4-15)20(18,19)17-7-9-5-16-6-10(9)8-17;/h1-3,9-10,16H,5-8H2;1H/t9-,10+;. The summed E-state index contributed by atoms with van der Waals surface area (Å²) >= 11 is 5.92. The first-order valence-corrected chi connectivity index (χ1v) is 8.25. The van der Waals surface area contributed by atoms with Gasteiger partial charge in [-0.25, -0.2) is 8.42 Å². The molecule has 0 spiro atoms. The Labute approximate surface area is 135 Å². The highest BCUT2D eigenvalue weighted by atomic mass is 35.5. The van der Waals surface area contributed by atoms with E-state index in [1.165, 1.54) is 16.4 Å². The van der Waals surface area contributed by atoms with Crippen LogP contribution in [0.5, 0.6) is 0 Å². The lowest BCUT2D eigenvalue weighted by Gasteiger charge is -2.18. The van der Waals surface area contributed by atoms with Crippen LogP contribution in [0.25, 0.3) is 0 Å². The molecule has 5 nitrogen and oxygen atoms in total. The van der Waals surface area contributed by atoms with Crippen molar-refractivity contribution in [1.29, 1.82) is 5.26 Å². The van der Waals surface area contributed by atoms with Gasteiger partial charge >= 0.3 is 0 Å². The molecule has 2 atom stereocenters. The van der Waals surface area contributed by atoms with Gasteiger partial charge in [-0.3, -0.25) is 0 Å². The van der Waals surface area contributed by atoms with Crippen LogP contribution < -0.4 is 5.32 Å². The first-order chi connectivity index (χ1) is 9.54. The summed E-state index contributed by atoms with van der Waals surface area (Å²) in [5.74, 6) is 0.740. The van der Waals surface area contributed by atoms with Crippen molar-refractivity contribution in [2.45, 2.75) is 4.90 Å². The van der Waals surface area contributed by atoms with E-state index in [-0.39, 0.29) is 27.9 Å². The number of sulfonamides is 1. The van der Waals surface area contributed by atoms with Crippen molar-refractivity contribution in [2.24, 2.45) is 11.8 Å².